The molecule has 1 aromatic heterocycles. The lowest BCUT2D eigenvalue weighted by Crippen LogP contribution is -2.35. The fourth-order valence-electron chi connectivity index (χ4n) is 3.95. The molecule has 0 aliphatic rings. The van der Waals surface area contributed by atoms with Crippen LogP contribution in [-0.2, 0) is 13.5 Å². The number of fused-ring (bicyclic) bond motifs is 1. The Labute approximate surface area is 160 Å². The first-order chi connectivity index (χ1) is 12.6. The van der Waals surface area contributed by atoms with Gasteiger partial charge in [-0.3, -0.25) is 0 Å². The summed E-state index contributed by atoms with van der Waals surface area (Å²) in [4.78, 5) is 0. The number of hydrogen-bond donors (Lipinski definition) is 0. The summed E-state index contributed by atoms with van der Waals surface area (Å²) in [6.07, 6.45) is 1.05. The van der Waals surface area contributed by atoms with E-state index >= 15 is 0 Å². The van der Waals surface area contributed by atoms with Gasteiger partial charge in [-0.15, -0.1) is 0 Å². The Morgan fingerprint density at radius 2 is 1.65 bits per heavy atom. The summed E-state index contributed by atoms with van der Waals surface area (Å²) in [5.41, 5.74) is 10.1. The SMILES string of the molecule is [2H]c1c(C)[n+](C)c(-c2cc(C)cc(C)c2C)c2cc(C)c(CC(C)C)cc12. The van der Waals surface area contributed by atoms with E-state index < -0.39 is 0 Å². The lowest BCUT2D eigenvalue weighted by molar-refractivity contribution is -0.665. The summed E-state index contributed by atoms with van der Waals surface area (Å²) >= 11 is 0. The predicted molar refractivity (Wildman–Crippen MR) is 113 cm³/mol. The second-order valence-corrected chi connectivity index (χ2v) is 8.29. The van der Waals surface area contributed by atoms with Crippen LogP contribution in [0.2, 0.25) is 0 Å². The Kier molecular flexibility index (Phi) is 4.56. The minimum Gasteiger partial charge on any atom is -0.198 e. The largest absolute Gasteiger partial charge is 0.220 e. The first-order valence-corrected chi connectivity index (χ1v) is 9.62. The van der Waals surface area contributed by atoms with E-state index in [0.717, 1.165) is 17.5 Å². The normalized spacial score (nSPS) is 12.1. The minimum atomic E-state index is 0.609. The van der Waals surface area contributed by atoms with Gasteiger partial charge in [0.25, 0.3) is 0 Å². The van der Waals surface area contributed by atoms with Crippen LogP contribution in [0.3, 0.4) is 0 Å². The van der Waals surface area contributed by atoms with Crippen molar-refractivity contribution in [2.24, 2.45) is 13.0 Å². The number of pyridine rings is 1. The van der Waals surface area contributed by atoms with Gasteiger partial charge in [-0.05, 0) is 79.8 Å². The van der Waals surface area contributed by atoms with Gasteiger partial charge in [0.2, 0.25) is 5.69 Å². The fraction of sp³-hybridized carbons (Fsp3) is 0.400. The van der Waals surface area contributed by atoms with Crippen LogP contribution in [0.25, 0.3) is 22.0 Å². The third-order valence-electron chi connectivity index (χ3n) is 5.58. The number of aromatic nitrogens is 1. The lowest BCUT2D eigenvalue weighted by atomic mass is 9.91. The summed E-state index contributed by atoms with van der Waals surface area (Å²) in [5, 5.41) is 2.26. The van der Waals surface area contributed by atoms with E-state index in [4.69, 9.17) is 1.37 Å². The minimum absolute atomic E-state index is 0.609. The van der Waals surface area contributed by atoms with Crippen molar-refractivity contribution in [3.8, 4) is 11.3 Å². The highest BCUT2D eigenvalue weighted by molar-refractivity contribution is 5.95. The zero-order valence-corrected chi connectivity index (χ0v) is 17.5. The molecule has 1 heteroatoms. The number of nitrogens with zero attached hydrogens (tertiary/aromatic N) is 1. The molecule has 0 saturated carbocycles. The molecule has 0 fully saturated rings. The summed E-state index contributed by atoms with van der Waals surface area (Å²) in [7, 11) is 2.09. The van der Waals surface area contributed by atoms with Crippen molar-refractivity contribution >= 4 is 10.8 Å². The topological polar surface area (TPSA) is 3.88 Å². The third kappa shape index (κ3) is 3.28. The number of benzene rings is 2. The first-order valence-electron chi connectivity index (χ1n) is 10.1. The van der Waals surface area contributed by atoms with Crippen molar-refractivity contribution in [3.63, 3.8) is 0 Å². The van der Waals surface area contributed by atoms with E-state index in [2.05, 4.69) is 84.3 Å². The average molecular weight is 348 g/mol. The van der Waals surface area contributed by atoms with E-state index in [1.165, 1.54) is 44.5 Å². The van der Waals surface area contributed by atoms with Crippen molar-refractivity contribution < 1.29 is 5.94 Å². The molecule has 0 saturated heterocycles. The van der Waals surface area contributed by atoms with Gasteiger partial charge in [0.05, 0.1) is 12.3 Å². The van der Waals surface area contributed by atoms with E-state index in [1.807, 2.05) is 0 Å². The molecule has 0 spiro atoms. The molecule has 0 unspecified atom stereocenters. The van der Waals surface area contributed by atoms with Gasteiger partial charge in [0.1, 0.15) is 7.05 Å². The van der Waals surface area contributed by atoms with Crippen molar-refractivity contribution in [2.75, 3.05) is 0 Å². The van der Waals surface area contributed by atoms with Crippen LogP contribution < -0.4 is 4.57 Å². The molecule has 0 bridgehead atoms. The Hall–Kier alpha value is -2.15. The van der Waals surface area contributed by atoms with E-state index in [0.29, 0.717) is 12.0 Å². The highest BCUT2D eigenvalue weighted by Crippen LogP contribution is 2.33. The highest BCUT2D eigenvalue weighted by Gasteiger charge is 2.21. The van der Waals surface area contributed by atoms with Crippen molar-refractivity contribution in [3.05, 3.63) is 63.8 Å². The molecule has 2 aromatic carbocycles. The van der Waals surface area contributed by atoms with E-state index in [9.17, 15) is 0 Å². The molecule has 0 radical (unpaired) electrons. The molecule has 136 valence electrons. The first kappa shape index (κ1) is 17.3. The highest BCUT2D eigenvalue weighted by atomic mass is 14.9. The van der Waals surface area contributed by atoms with Gasteiger partial charge in [-0.2, -0.15) is 4.57 Å². The Morgan fingerprint density at radius 3 is 2.31 bits per heavy atom. The summed E-state index contributed by atoms with van der Waals surface area (Å²) < 4.78 is 11.0. The van der Waals surface area contributed by atoms with E-state index in [1.54, 1.807) is 0 Å². The van der Waals surface area contributed by atoms with Crippen LogP contribution >= 0.6 is 0 Å². The Morgan fingerprint density at radius 1 is 0.962 bits per heavy atom. The van der Waals surface area contributed by atoms with Crippen molar-refractivity contribution in [1.82, 2.24) is 0 Å². The van der Waals surface area contributed by atoms with Gasteiger partial charge in [0, 0.05) is 13.0 Å². The Bertz CT molecular complexity index is 1040. The van der Waals surface area contributed by atoms with Gasteiger partial charge in [-0.25, -0.2) is 0 Å². The molecule has 0 aliphatic heterocycles. The molecule has 3 rings (SSSR count). The average Bonchev–Trinajstić information content (AvgIpc) is 2.58. The molecule has 1 heterocycles. The van der Waals surface area contributed by atoms with Crippen LogP contribution in [0.5, 0.6) is 0 Å². The number of rotatable bonds is 3. The lowest BCUT2D eigenvalue weighted by Gasteiger charge is -2.15. The van der Waals surface area contributed by atoms with E-state index in [-0.39, 0.29) is 0 Å². The maximum atomic E-state index is 8.76. The van der Waals surface area contributed by atoms with Crippen LogP contribution in [0, 0.1) is 40.5 Å². The molecular weight excluding hydrogens is 314 g/mol. The van der Waals surface area contributed by atoms with Crippen molar-refractivity contribution in [1.29, 1.82) is 0 Å². The van der Waals surface area contributed by atoms with Crippen molar-refractivity contribution in [2.45, 2.75) is 54.9 Å². The van der Waals surface area contributed by atoms with Crippen LogP contribution in [0.1, 0.15) is 48.7 Å². The Balaban J connectivity index is 2.45. The predicted octanol–water partition coefficient (Wildman–Crippen LogP) is 6.07. The standard InChI is InChI=1S/C25H32N/c1-15(2)9-21-14-22-13-19(6)26(8)25(24(22)12-18(21)5)23-11-16(3)10-17(4)20(23)7/h10-15H,9H2,1-8H3/q+1/i13D. The van der Waals surface area contributed by atoms with Crippen LogP contribution in [0.15, 0.2) is 30.3 Å². The zero-order valence-electron chi connectivity index (χ0n) is 18.5. The fourth-order valence-corrected chi connectivity index (χ4v) is 3.95. The molecule has 0 atom stereocenters. The molecule has 1 nitrogen and oxygen atoms in total. The third-order valence-corrected chi connectivity index (χ3v) is 5.58. The van der Waals surface area contributed by atoms with Gasteiger partial charge in [-0.1, -0.05) is 31.5 Å². The molecular formula is C25H32N+. The molecule has 26 heavy (non-hydrogen) atoms. The van der Waals surface area contributed by atoms with Gasteiger partial charge in [0.15, 0.2) is 5.69 Å². The summed E-state index contributed by atoms with van der Waals surface area (Å²) in [5.74, 6) is 0.609. The quantitative estimate of drug-likeness (QED) is 0.506. The second-order valence-electron chi connectivity index (χ2n) is 8.29. The maximum Gasteiger partial charge on any atom is 0.220 e. The van der Waals surface area contributed by atoms with Crippen LogP contribution in [0.4, 0.5) is 0 Å². The summed E-state index contributed by atoms with van der Waals surface area (Å²) in [6, 6.07) is 9.75. The molecule has 0 amide bonds. The molecule has 3 aromatic rings. The molecule has 0 N–H and O–H groups in total. The van der Waals surface area contributed by atoms with Gasteiger partial charge < -0.3 is 0 Å². The van der Waals surface area contributed by atoms with Crippen LogP contribution in [-0.4, -0.2) is 0 Å². The number of hydrogen-bond acceptors (Lipinski definition) is 0. The second kappa shape index (κ2) is 6.87. The number of aryl methyl sites for hydroxylation is 3. The summed E-state index contributed by atoms with van der Waals surface area (Å²) in [6.45, 7) is 15.3. The maximum absolute atomic E-state index is 8.76. The monoisotopic (exact) mass is 347 g/mol. The smallest absolute Gasteiger partial charge is 0.198 e. The molecule has 0 aliphatic carbocycles. The zero-order chi connectivity index (χ0) is 20.0. The van der Waals surface area contributed by atoms with Gasteiger partial charge >= 0.3 is 0 Å².